The molecule has 0 unspecified atom stereocenters. The molecule has 0 fully saturated rings. The van der Waals surface area contributed by atoms with E-state index in [0.717, 1.165) is 19.4 Å². The minimum Gasteiger partial charge on any atom is -0.432 e. The van der Waals surface area contributed by atoms with Crippen molar-refractivity contribution in [1.82, 2.24) is 0 Å². The summed E-state index contributed by atoms with van der Waals surface area (Å²) < 4.78 is 103. The molecule has 0 heterocycles. The van der Waals surface area contributed by atoms with Gasteiger partial charge in [-0.2, -0.15) is 26.3 Å². The van der Waals surface area contributed by atoms with Crippen molar-refractivity contribution in [3.63, 3.8) is 0 Å². The second kappa shape index (κ2) is 43.9. The van der Waals surface area contributed by atoms with Crippen LogP contribution in [0, 0.1) is 5.41 Å². The summed E-state index contributed by atoms with van der Waals surface area (Å²) in [5.74, 6) is -4.01. The molecule has 0 radical (unpaired) electrons. The SMILES string of the molecule is C=C(C)OC(=O)C(C)(C)C.C=C(C)OC(=O)C(F)(F)F.C=C(C)OC(=O)CC.C=C(C)OC(=O)Cc1ccccc1.C=C(C)OC(=O)c1ccccc1.C=C(C)OC(C)=O.C=C(CC)OC(C)=O.C=C(OC(C)=O)C(F)(F)F. The molecule has 0 aromatic heterocycles. The molecule has 0 N–H and O–H groups in total. The van der Waals surface area contributed by atoms with Gasteiger partial charge >= 0.3 is 60.1 Å². The number of alkyl halides is 6. The predicted octanol–water partition coefficient (Wildman–Crippen LogP) is 14.1. The summed E-state index contributed by atoms with van der Waals surface area (Å²) in [6.07, 6.45) is -8.18. The number of hydrogen-bond donors (Lipinski definition) is 0. The van der Waals surface area contributed by atoms with Crippen LogP contribution in [0.4, 0.5) is 26.3 Å². The van der Waals surface area contributed by atoms with E-state index in [2.05, 4.69) is 76.3 Å². The number of benzene rings is 2. The first kappa shape index (κ1) is 81.1. The lowest BCUT2D eigenvalue weighted by Gasteiger charge is -2.15. The van der Waals surface area contributed by atoms with Crippen LogP contribution in [0.25, 0.3) is 0 Å². The number of rotatable bonds is 13. The normalized spacial score (nSPS) is 9.49. The molecule has 0 atom stereocenters. The Labute approximate surface area is 453 Å². The molecule has 0 spiro atoms. The van der Waals surface area contributed by atoms with Crippen LogP contribution in [-0.4, -0.2) is 60.1 Å². The van der Waals surface area contributed by atoms with Crippen molar-refractivity contribution in [1.29, 1.82) is 0 Å². The molecule has 0 saturated carbocycles. The van der Waals surface area contributed by atoms with Gasteiger partial charge in [-0.15, -0.1) is 0 Å². The largest absolute Gasteiger partial charge is 0.491 e. The highest BCUT2D eigenvalue weighted by Gasteiger charge is 2.41. The van der Waals surface area contributed by atoms with Crippen molar-refractivity contribution < 1.29 is 103 Å². The van der Waals surface area contributed by atoms with E-state index in [9.17, 15) is 64.7 Å². The van der Waals surface area contributed by atoms with Gasteiger partial charge in [-0.1, -0.05) is 115 Å². The van der Waals surface area contributed by atoms with E-state index in [4.69, 9.17) is 14.2 Å². The highest BCUT2D eigenvalue weighted by Crippen LogP contribution is 2.24. The molecule has 0 aliphatic carbocycles. The standard InChI is InChI=1S/C11H12O2.C10H10O2.C8H14O2.2C6H10O2.2C5H5F3O2.C5H8O2/c1-9(2)13-11(12)8-10-6-4-3-5-7-10;1-8(2)12-10(11)9-6-4-3-5-7-9;1-6(2)10-7(9)8(3,4)5;1-4-5(2)8-6(3)7;1-4-6(7)8-5(2)3;1-3(5(6,7)8)10-4(2)9;1-3(2)10-4(9)5(6,7)8;1-4(2)7-5(3)6/h3-7H,1,8H2,2H3;3-7H,1H2,2H3;1H2,2-5H3;2*2,4H2,1,3H3;2*1H2,2H3;1H2,2-3H3. The number of halogens is 6. The molecule has 16 nitrogen and oxygen atoms in total. The maximum atomic E-state index is 11.4. The number of carbonyl (C=O) groups excluding carboxylic acids is 8. The lowest BCUT2D eigenvalue weighted by atomic mass is 9.97. The number of hydrogen-bond acceptors (Lipinski definition) is 16. The summed E-state index contributed by atoms with van der Waals surface area (Å²) in [4.78, 5) is 83.5. The van der Waals surface area contributed by atoms with Gasteiger partial charge in [0.05, 0.1) is 52.0 Å². The lowest BCUT2D eigenvalue weighted by molar-refractivity contribution is -0.195. The first-order chi connectivity index (χ1) is 35.3. The van der Waals surface area contributed by atoms with Crippen LogP contribution < -0.4 is 0 Å². The monoisotopic (exact) mass is 1120 g/mol. The lowest BCUT2D eigenvalue weighted by Crippen LogP contribution is -2.24. The Balaban J connectivity index is -0.000000191. The zero-order valence-corrected chi connectivity index (χ0v) is 46.9. The van der Waals surface area contributed by atoms with Crippen LogP contribution in [0.15, 0.2) is 159 Å². The number of carbonyl (C=O) groups is 8. The Morgan fingerprint density at radius 3 is 0.974 bits per heavy atom. The van der Waals surface area contributed by atoms with E-state index in [1.54, 1.807) is 86.6 Å². The van der Waals surface area contributed by atoms with Crippen molar-refractivity contribution in [2.45, 2.75) is 129 Å². The van der Waals surface area contributed by atoms with E-state index in [0.29, 0.717) is 59.4 Å². The Kier molecular flexibility index (Phi) is 45.6. The first-order valence-electron chi connectivity index (χ1n) is 22.5. The van der Waals surface area contributed by atoms with Crippen molar-refractivity contribution in [3.05, 3.63) is 170 Å². The average molecular weight is 1120 g/mol. The zero-order valence-electron chi connectivity index (χ0n) is 46.9. The van der Waals surface area contributed by atoms with Crippen molar-refractivity contribution in [3.8, 4) is 0 Å². The fraction of sp³-hybridized carbons (Fsp3) is 0.357. The Morgan fingerprint density at radius 2 is 0.756 bits per heavy atom. The molecule has 2 rings (SSSR count). The van der Waals surface area contributed by atoms with Gasteiger partial charge in [-0.3, -0.25) is 28.8 Å². The van der Waals surface area contributed by atoms with Gasteiger partial charge in [0.15, 0.2) is 0 Å². The van der Waals surface area contributed by atoms with Crippen LogP contribution in [0.3, 0.4) is 0 Å². The molecule has 436 valence electrons. The highest BCUT2D eigenvalue weighted by molar-refractivity contribution is 5.89. The first-order valence-corrected chi connectivity index (χ1v) is 22.5. The van der Waals surface area contributed by atoms with Crippen LogP contribution >= 0.6 is 0 Å². The van der Waals surface area contributed by atoms with Crippen LogP contribution in [0.2, 0.25) is 0 Å². The van der Waals surface area contributed by atoms with E-state index in [1.807, 2.05) is 43.3 Å². The van der Waals surface area contributed by atoms with Gasteiger partial charge in [0, 0.05) is 33.6 Å². The summed E-state index contributed by atoms with van der Waals surface area (Å²) >= 11 is 0. The zero-order chi connectivity index (χ0) is 62.7. The second-order valence-electron chi connectivity index (χ2n) is 16.1. The molecular weight excluding hydrogens is 1040 g/mol. The summed E-state index contributed by atoms with van der Waals surface area (Å²) in [7, 11) is 0. The molecule has 22 heteroatoms. The molecule has 0 amide bonds. The maximum Gasteiger partial charge on any atom is 0.491 e. The minimum absolute atomic E-state index is 0.225. The van der Waals surface area contributed by atoms with E-state index in [1.165, 1.54) is 13.8 Å². The van der Waals surface area contributed by atoms with Crippen molar-refractivity contribution in [2.75, 3.05) is 0 Å². The molecule has 78 heavy (non-hydrogen) atoms. The summed E-state index contributed by atoms with van der Waals surface area (Å²) in [6.45, 7) is 48.1. The van der Waals surface area contributed by atoms with Gasteiger partial charge < -0.3 is 37.9 Å². The minimum atomic E-state index is -4.93. The number of esters is 8. The molecule has 0 aliphatic rings. The smallest absolute Gasteiger partial charge is 0.432 e. The summed E-state index contributed by atoms with van der Waals surface area (Å²) in [5, 5.41) is 0. The number of ether oxygens (including phenoxy) is 8. The predicted molar refractivity (Wildman–Crippen MR) is 281 cm³/mol. The fourth-order valence-electron chi connectivity index (χ4n) is 3.33. The third-order valence-electron chi connectivity index (χ3n) is 6.29. The van der Waals surface area contributed by atoms with Gasteiger partial charge in [-0.25, -0.2) is 9.59 Å². The number of allylic oxidation sites excluding steroid dienone is 8. The van der Waals surface area contributed by atoms with Crippen molar-refractivity contribution >= 4 is 47.8 Å². The van der Waals surface area contributed by atoms with Gasteiger partial charge in [0.25, 0.3) is 0 Å². The molecule has 0 bridgehead atoms. The van der Waals surface area contributed by atoms with Crippen LogP contribution in [0.1, 0.15) is 126 Å². The van der Waals surface area contributed by atoms with E-state index < -0.39 is 35.5 Å². The Bertz CT molecular complexity index is 2190. The van der Waals surface area contributed by atoms with E-state index in [-0.39, 0.29) is 41.6 Å². The molecule has 0 saturated heterocycles. The summed E-state index contributed by atoms with van der Waals surface area (Å²) in [6, 6.07) is 18.3. The second-order valence-corrected chi connectivity index (χ2v) is 16.1. The average Bonchev–Trinajstić information content (AvgIpc) is 3.25. The molecular formula is C56H74F6O16. The fourth-order valence-corrected chi connectivity index (χ4v) is 3.33. The summed E-state index contributed by atoms with van der Waals surface area (Å²) in [5.41, 5.74) is 1.06. The third-order valence-corrected chi connectivity index (χ3v) is 6.29. The topological polar surface area (TPSA) is 210 Å². The van der Waals surface area contributed by atoms with Crippen LogP contribution in [0.5, 0.6) is 0 Å². The Hall–Kier alpha value is -8.30. The van der Waals surface area contributed by atoms with Gasteiger partial charge in [0.2, 0.25) is 5.76 Å². The van der Waals surface area contributed by atoms with Gasteiger partial charge in [0.1, 0.15) is 5.76 Å². The van der Waals surface area contributed by atoms with Crippen LogP contribution in [-0.2, 0) is 77.9 Å². The highest BCUT2D eigenvalue weighted by atomic mass is 19.4. The van der Waals surface area contributed by atoms with Gasteiger partial charge in [-0.05, 0) is 80.0 Å². The third kappa shape index (κ3) is 62.0. The van der Waals surface area contributed by atoms with E-state index >= 15 is 0 Å². The molecule has 0 aliphatic heterocycles. The molecule has 2 aromatic carbocycles. The molecule has 2 aromatic rings. The maximum absolute atomic E-state index is 11.4. The Morgan fingerprint density at radius 1 is 0.410 bits per heavy atom. The quantitative estimate of drug-likeness (QED) is 0.0790. The van der Waals surface area contributed by atoms with Crippen molar-refractivity contribution in [2.24, 2.45) is 5.41 Å².